The van der Waals surface area contributed by atoms with Crippen molar-refractivity contribution in [2.24, 2.45) is 0 Å². The second-order valence-electron chi connectivity index (χ2n) is 4.98. The van der Waals surface area contributed by atoms with Gasteiger partial charge < -0.3 is 15.5 Å². The maximum absolute atomic E-state index is 12.1. The first kappa shape index (κ1) is 16.0. The first-order chi connectivity index (χ1) is 12.1. The van der Waals surface area contributed by atoms with Crippen LogP contribution in [0.25, 0.3) is 5.65 Å². The van der Waals surface area contributed by atoms with Gasteiger partial charge in [-0.1, -0.05) is 24.1 Å². The molecule has 8 nitrogen and oxygen atoms in total. The quantitative estimate of drug-likeness (QED) is 0.605. The smallest absolute Gasteiger partial charge is 0.322 e. The molecule has 25 heavy (non-hydrogen) atoms. The van der Waals surface area contributed by atoms with Gasteiger partial charge in [0.05, 0.1) is 0 Å². The largest absolute Gasteiger partial charge is 0.507 e. The fourth-order valence-electron chi connectivity index (χ4n) is 2.17. The molecule has 0 aliphatic rings. The van der Waals surface area contributed by atoms with Gasteiger partial charge in [0.2, 0.25) is 0 Å². The van der Waals surface area contributed by atoms with Crippen molar-refractivity contribution in [2.45, 2.75) is 0 Å². The normalized spacial score (nSPS) is 10.1. The van der Waals surface area contributed by atoms with Crippen LogP contribution < -0.4 is 5.32 Å². The number of amides is 1. The van der Waals surface area contributed by atoms with Crippen molar-refractivity contribution in [2.75, 3.05) is 6.54 Å². The number of carbonyl (C=O) groups excluding carboxylic acids is 1. The summed E-state index contributed by atoms with van der Waals surface area (Å²) in [6.07, 6.45) is 1.22. The number of fused-ring (bicyclic) bond motifs is 1. The molecule has 2 aromatic heterocycles. The third-order valence-corrected chi connectivity index (χ3v) is 3.27. The molecule has 1 amide bonds. The number of carbonyl (C=O) groups is 2. The Morgan fingerprint density at radius 3 is 2.68 bits per heavy atom. The van der Waals surface area contributed by atoms with Gasteiger partial charge in [0.15, 0.2) is 5.65 Å². The first-order valence-electron chi connectivity index (χ1n) is 7.19. The molecule has 0 aliphatic heterocycles. The summed E-state index contributed by atoms with van der Waals surface area (Å²) >= 11 is 0. The zero-order valence-electron chi connectivity index (χ0n) is 12.8. The lowest BCUT2D eigenvalue weighted by molar-refractivity contribution is -0.135. The number of nitrogens with zero attached hydrogens (tertiary/aromatic N) is 3. The first-order valence-corrected chi connectivity index (χ1v) is 7.19. The van der Waals surface area contributed by atoms with Crippen LogP contribution in [0.3, 0.4) is 0 Å². The second kappa shape index (κ2) is 6.72. The number of aromatic hydroxyl groups is 1. The van der Waals surface area contributed by atoms with Gasteiger partial charge in [-0.05, 0) is 18.1 Å². The number of pyridine rings is 1. The van der Waals surface area contributed by atoms with Crippen molar-refractivity contribution in [1.29, 1.82) is 0 Å². The van der Waals surface area contributed by atoms with Crippen LogP contribution in [0.2, 0.25) is 0 Å². The van der Waals surface area contributed by atoms with Crippen molar-refractivity contribution in [3.63, 3.8) is 0 Å². The van der Waals surface area contributed by atoms with Gasteiger partial charge in [0.25, 0.3) is 5.91 Å². The van der Waals surface area contributed by atoms with E-state index in [1.54, 1.807) is 0 Å². The SMILES string of the molecule is O=C(O)CNC(=O)c1c(O)cc(C#Cc2ccccc2)n2ncnc12. The fraction of sp³-hybridized carbons (Fsp3) is 0.0588. The summed E-state index contributed by atoms with van der Waals surface area (Å²) in [6.45, 7) is -0.575. The lowest BCUT2D eigenvalue weighted by atomic mass is 10.2. The Labute approximate surface area is 141 Å². The molecule has 124 valence electrons. The van der Waals surface area contributed by atoms with E-state index >= 15 is 0 Å². The number of aromatic nitrogens is 3. The lowest BCUT2D eigenvalue weighted by Gasteiger charge is -2.07. The fourth-order valence-corrected chi connectivity index (χ4v) is 2.17. The topological polar surface area (TPSA) is 117 Å². The molecule has 3 rings (SSSR count). The molecule has 0 aliphatic carbocycles. The predicted octanol–water partition coefficient (Wildman–Crippen LogP) is 0.649. The maximum Gasteiger partial charge on any atom is 0.322 e. The van der Waals surface area contributed by atoms with Gasteiger partial charge in [0, 0.05) is 11.6 Å². The Kier molecular flexibility index (Phi) is 4.30. The van der Waals surface area contributed by atoms with Gasteiger partial charge in [-0.25, -0.2) is 9.50 Å². The van der Waals surface area contributed by atoms with E-state index in [2.05, 4.69) is 27.2 Å². The van der Waals surface area contributed by atoms with Crippen molar-refractivity contribution < 1.29 is 19.8 Å². The molecule has 0 atom stereocenters. The highest BCUT2D eigenvalue weighted by Crippen LogP contribution is 2.22. The number of hydrogen-bond donors (Lipinski definition) is 3. The number of benzene rings is 1. The van der Waals surface area contributed by atoms with E-state index < -0.39 is 18.4 Å². The molecule has 1 aromatic carbocycles. The molecular formula is C17H12N4O4. The van der Waals surface area contributed by atoms with Crippen LogP contribution in [0.5, 0.6) is 5.75 Å². The molecule has 0 unspecified atom stereocenters. The van der Waals surface area contributed by atoms with E-state index in [9.17, 15) is 14.7 Å². The summed E-state index contributed by atoms with van der Waals surface area (Å²) in [4.78, 5) is 26.7. The monoisotopic (exact) mass is 336 g/mol. The van der Waals surface area contributed by atoms with Crippen LogP contribution in [0.4, 0.5) is 0 Å². The molecule has 8 heteroatoms. The van der Waals surface area contributed by atoms with Crippen LogP contribution in [0.1, 0.15) is 21.6 Å². The van der Waals surface area contributed by atoms with E-state index in [4.69, 9.17) is 5.11 Å². The summed E-state index contributed by atoms with van der Waals surface area (Å²) in [5.41, 5.74) is 1.03. The van der Waals surface area contributed by atoms with Crippen LogP contribution in [0, 0.1) is 11.8 Å². The molecule has 3 aromatic rings. The lowest BCUT2D eigenvalue weighted by Crippen LogP contribution is -2.29. The Hall–Kier alpha value is -3.86. The molecule has 0 bridgehead atoms. The van der Waals surface area contributed by atoms with Gasteiger partial charge in [-0.15, -0.1) is 0 Å². The van der Waals surface area contributed by atoms with Crippen LogP contribution in [-0.4, -0.2) is 43.2 Å². The van der Waals surface area contributed by atoms with Crippen molar-refractivity contribution in [3.05, 3.63) is 59.5 Å². The van der Waals surface area contributed by atoms with Crippen molar-refractivity contribution in [1.82, 2.24) is 19.9 Å². The highest BCUT2D eigenvalue weighted by atomic mass is 16.4. The van der Waals surface area contributed by atoms with Gasteiger partial charge >= 0.3 is 5.97 Å². The number of nitrogens with one attached hydrogen (secondary N) is 1. The van der Waals surface area contributed by atoms with E-state index in [0.29, 0.717) is 5.69 Å². The molecule has 2 heterocycles. The van der Waals surface area contributed by atoms with E-state index in [1.807, 2.05) is 30.3 Å². The Morgan fingerprint density at radius 2 is 1.96 bits per heavy atom. The number of hydrogen-bond acceptors (Lipinski definition) is 5. The Morgan fingerprint density at radius 1 is 1.20 bits per heavy atom. The molecular weight excluding hydrogens is 324 g/mol. The van der Waals surface area contributed by atoms with Crippen LogP contribution in [-0.2, 0) is 4.79 Å². The summed E-state index contributed by atoms with van der Waals surface area (Å²) in [5, 5.41) is 25.0. The number of carboxylic acid groups (broad SMARTS) is 1. The van der Waals surface area contributed by atoms with Crippen LogP contribution >= 0.6 is 0 Å². The minimum absolute atomic E-state index is 0.0836. The highest BCUT2D eigenvalue weighted by molar-refractivity contribution is 6.03. The minimum atomic E-state index is -1.20. The zero-order chi connectivity index (χ0) is 17.8. The third-order valence-electron chi connectivity index (χ3n) is 3.27. The average molecular weight is 336 g/mol. The third kappa shape index (κ3) is 3.40. The van der Waals surface area contributed by atoms with E-state index in [-0.39, 0.29) is 17.0 Å². The minimum Gasteiger partial charge on any atom is -0.507 e. The zero-order valence-corrected chi connectivity index (χ0v) is 12.8. The Bertz CT molecular complexity index is 1020. The highest BCUT2D eigenvalue weighted by Gasteiger charge is 2.20. The van der Waals surface area contributed by atoms with E-state index in [1.165, 1.54) is 16.9 Å². The van der Waals surface area contributed by atoms with E-state index in [0.717, 1.165) is 5.56 Å². The second-order valence-corrected chi connectivity index (χ2v) is 4.98. The van der Waals surface area contributed by atoms with Crippen molar-refractivity contribution in [3.8, 4) is 17.6 Å². The van der Waals surface area contributed by atoms with Crippen molar-refractivity contribution >= 4 is 17.5 Å². The predicted molar refractivity (Wildman–Crippen MR) is 87.0 cm³/mol. The molecule has 0 saturated carbocycles. The summed E-state index contributed by atoms with van der Waals surface area (Å²) in [5.74, 6) is 3.48. The number of aliphatic carboxylic acids is 1. The number of rotatable bonds is 3. The van der Waals surface area contributed by atoms with Gasteiger partial charge in [-0.3, -0.25) is 9.59 Å². The molecule has 0 saturated heterocycles. The molecule has 0 radical (unpaired) electrons. The Balaban J connectivity index is 2.03. The molecule has 3 N–H and O–H groups in total. The molecule has 0 fully saturated rings. The maximum atomic E-state index is 12.1. The summed E-state index contributed by atoms with van der Waals surface area (Å²) in [7, 11) is 0. The van der Waals surface area contributed by atoms with Crippen LogP contribution in [0.15, 0.2) is 42.7 Å². The number of carboxylic acids is 1. The average Bonchev–Trinajstić information content (AvgIpc) is 3.08. The summed E-state index contributed by atoms with van der Waals surface area (Å²) < 4.78 is 1.31. The molecule has 0 spiro atoms. The van der Waals surface area contributed by atoms with Gasteiger partial charge in [-0.2, -0.15) is 5.10 Å². The van der Waals surface area contributed by atoms with Gasteiger partial charge in [0.1, 0.15) is 29.9 Å². The standard InChI is InChI=1S/C17H12N4O4/c22-13-8-12(7-6-11-4-2-1-3-5-11)21-16(19-10-20-21)15(13)17(25)18-9-14(23)24/h1-5,8,10,22H,9H2,(H,18,25)(H,23,24). The summed E-state index contributed by atoms with van der Waals surface area (Å²) in [6, 6.07) is 10.5.